The van der Waals surface area contributed by atoms with E-state index in [9.17, 15) is 0 Å². The first-order chi connectivity index (χ1) is 15.2. The first kappa shape index (κ1) is 21.1. The van der Waals surface area contributed by atoms with E-state index in [0.29, 0.717) is 0 Å². The van der Waals surface area contributed by atoms with Gasteiger partial charge in [0.1, 0.15) is 0 Å². The molecule has 0 aromatic carbocycles. The van der Waals surface area contributed by atoms with Gasteiger partial charge in [0.15, 0.2) is 0 Å². The van der Waals surface area contributed by atoms with E-state index in [-0.39, 0.29) is 0 Å². The molecule has 0 fully saturated rings. The summed E-state index contributed by atoms with van der Waals surface area (Å²) in [7, 11) is 0. The number of aromatic nitrogens is 2. The highest BCUT2D eigenvalue weighted by Crippen LogP contribution is 2.22. The van der Waals surface area contributed by atoms with Crippen LogP contribution in [0.2, 0.25) is 0 Å². The minimum absolute atomic E-state index is 0.923. The zero-order valence-electron chi connectivity index (χ0n) is 17.4. The molecular formula is C27H22N2S2. The number of thiophene rings is 2. The fraction of sp³-hybridized carbons (Fsp3) is 0.185. The Hall–Kier alpha value is -3.18. The average molecular weight is 439 g/mol. The maximum atomic E-state index is 5.48. The first-order valence-electron chi connectivity index (χ1n) is 10.2. The summed E-state index contributed by atoms with van der Waals surface area (Å²) in [6.07, 6.45) is 13.2. The molecule has 2 nitrogen and oxygen atoms in total. The Bertz CT molecular complexity index is 1280. The minimum Gasteiger partial charge on any atom is -0.255 e. The largest absolute Gasteiger partial charge is 0.255 e. The third-order valence-corrected chi connectivity index (χ3v) is 7.08. The molecule has 4 rings (SSSR count). The van der Waals surface area contributed by atoms with E-state index in [1.807, 2.05) is 25.4 Å². The van der Waals surface area contributed by atoms with Gasteiger partial charge in [0.05, 0.1) is 21.1 Å². The van der Waals surface area contributed by atoms with Gasteiger partial charge in [-0.15, -0.1) is 35.0 Å². The van der Waals surface area contributed by atoms with Crippen LogP contribution in [0.4, 0.5) is 0 Å². The lowest BCUT2D eigenvalue weighted by molar-refractivity contribution is 0.969. The highest BCUT2D eigenvalue weighted by Gasteiger charge is 2.06. The SMILES string of the molecule is C#Cc1ccc(CCc2ccnc(-c3cc(CCc4ccc(C#CC)s4)ccn3)c2)s1. The Morgan fingerprint density at radius 2 is 1.29 bits per heavy atom. The predicted molar refractivity (Wildman–Crippen MR) is 131 cm³/mol. The molecule has 0 saturated heterocycles. The van der Waals surface area contributed by atoms with Crippen molar-refractivity contribution in [3.05, 3.63) is 91.6 Å². The average Bonchev–Trinajstić information content (AvgIpc) is 3.46. The number of terminal acetylenes is 1. The highest BCUT2D eigenvalue weighted by molar-refractivity contribution is 7.12. The van der Waals surface area contributed by atoms with E-state index >= 15 is 0 Å². The Labute approximate surface area is 192 Å². The molecular weight excluding hydrogens is 416 g/mol. The normalized spacial score (nSPS) is 10.3. The Balaban J connectivity index is 1.42. The summed E-state index contributed by atoms with van der Waals surface area (Å²) in [6.45, 7) is 1.87. The molecule has 0 amide bonds. The third-order valence-electron chi connectivity index (χ3n) is 4.95. The van der Waals surface area contributed by atoms with Crippen molar-refractivity contribution in [2.75, 3.05) is 0 Å². The molecule has 0 unspecified atom stereocenters. The van der Waals surface area contributed by atoms with Crippen molar-refractivity contribution >= 4 is 22.7 Å². The lowest BCUT2D eigenvalue weighted by Crippen LogP contribution is -1.95. The van der Waals surface area contributed by atoms with Gasteiger partial charge < -0.3 is 0 Å². The van der Waals surface area contributed by atoms with Crippen LogP contribution in [0.1, 0.15) is 37.6 Å². The van der Waals surface area contributed by atoms with E-state index in [1.165, 1.54) is 20.9 Å². The maximum Gasteiger partial charge on any atom is 0.0888 e. The summed E-state index contributed by atoms with van der Waals surface area (Å²) >= 11 is 3.47. The molecule has 4 aromatic rings. The van der Waals surface area contributed by atoms with Crippen LogP contribution in [0.3, 0.4) is 0 Å². The van der Waals surface area contributed by atoms with Crippen LogP contribution in [0.15, 0.2) is 60.9 Å². The molecule has 0 aliphatic heterocycles. The number of aryl methyl sites for hydroxylation is 4. The molecule has 0 saturated carbocycles. The maximum absolute atomic E-state index is 5.48. The number of nitrogens with zero attached hydrogens (tertiary/aromatic N) is 2. The summed E-state index contributed by atoms with van der Waals surface area (Å²) < 4.78 is 0. The van der Waals surface area contributed by atoms with Crippen molar-refractivity contribution in [2.24, 2.45) is 0 Å². The lowest BCUT2D eigenvalue weighted by Gasteiger charge is -2.06. The van der Waals surface area contributed by atoms with Crippen LogP contribution in [0.5, 0.6) is 0 Å². The van der Waals surface area contributed by atoms with Crippen molar-refractivity contribution in [2.45, 2.75) is 32.6 Å². The van der Waals surface area contributed by atoms with Crippen molar-refractivity contribution in [1.82, 2.24) is 9.97 Å². The minimum atomic E-state index is 0.923. The fourth-order valence-electron chi connectivity index (χ4n) is 3.37. The number of rotatable bonds is 7. The van der Waals surface area contributed by atoms with Crippen LogP contribution in [0, 0.1) is 24.2 Å². The molecule has 0 spiro atoms. The van der Waals surface area contributed by atoms with Gasteiger partial charge in [-0.3, -0.25) is 9.97 Å². The summed E-state index contributed by atoms with van der Waals surface area (Å²) in [5.41, 5.74) is 4.38. The second kappa shape index (κ2) is 10.2. The van der Waals surface area contributed by atoms with E-state index in [4.69, 9.17) is 6.42 Å². The van der Waals surface area contributed by atoms with Gasteiger partial charge in [0.25, 0.3) is 0 Å². The van der Waals surface area contributed by atoms with E-state index in [0.717, 1.165) is 46.8 Å². The second-order valence-electron chi connectivity index (χ2n) is 7.15. The van der Waals surface area contributed by atoms with E-state index in [1.54, 1.807) is 22.7 Å². The van der Waals surface area contributed by atoms with Gasteiger partial charge in [-0.2, -0.15) is 0 Å². The second-order valence-corrected chi connectivity index (χ2v) is 9.49. The predicted octanol–water partition coefficient (Wildman–Crippen LogP) is 6.19. The number of hydrogen-bond acceptors (Lipinski definition) is 4. The quantitative estimate of drug-likeness (QED) is 0.322. The monoisotopic (exact) mass is 438 g/mol. The van der Waals surface area contributed by atoms with Crippen molar-refractivity contribution in [1.29, 1.82) is 0 Å². The molecule has 0 N–H and O–H groups in total. The number of hydrogen-bond donors (Lipinski definition) is 0. The Morgan fingerprint density at radius 3 is 1.81 bits per heavy atom. The molecule has 152 valence electrons. The standard InChI is InChI=1S/C27H22N2S2/c1-3-5-23-12-13-25(31-23)9-7-21-15-17-29-27(19-21)26-18-20(14-16-28-26)6-8-24-11-10-22(4-2)30-24/h2,10-19H,6-9H2,1H3. The highest BCUT2D eigenvalue weighted by atomic mass is 32.1. The summed E-state index contributed by atoms with van der Waals surface area (Å²) in [4.78, 5) is 13.9. The Morgan fingerprint density at radius 1 is 0.742 bits per heavy atom. The zero-order valence-corrected chi connectivity index (χ0v) is 19.0. The zero-order chi connectivity index (χ0) is 21.5. The van der Waals surface area contributed by atoms with Gasteiger partial charge in [0, 0.05) is 22.1 Å². The van der Waals surface area contributed by atoms with Crippen LogP contribution < -0.4 is 0 Å². The van der Waals surface area contributed by atoms with E-state index < -0.39 is 0 Å². The summed E-state index contributed by atoms with van der Waals surface area (Å²) in [5.74, 6) is 8.79. The van der Waals surface area contributed by atoms with Crippen molar-refractivity contribution < 1.29 is 0 Å². The van der Waals surface area contributed by atoms with Crippen LogP contribution in [0.25, 0.3) is 11.4 Å². The summed E-state index contributed by atoms with van der Waals surface area (Å²) in [6, 6.07) is 16.9. The third kappa shape index (κ3) is 5.70. The van der Waals surface area contributed by atoms with Crippen LogP contribution in [-0.4, -0.2) is 9.97 Å². The van der Waals surface area contributed by atoms with Crippen LogP contribution in [-0.2, 0) is 25.7 Å². The molecule has 4 heterocycles. The topological polar surface area (TPSA) is 25.8 Å². The lowest BCUT2D eigenvalue weighted by atomic mass is 10.1. The number of pyridine rings is 2. The first-order valence-corrected chi connectivity index (χ1v) is 11.8. The van der Waals surface area contributed by atoms with Crippen molar-refractivity contribution in [3.8, 4) is 35.6 Å². The van der Waals surface area contributed by atoms with Gasteiger partial charge in [-0.25, -0.2) is 0 Å². The summed E-state index contributed by atoms with van der Waals surface area (Å²) in [5, 5.41) is 0. The van der Waals surface area contributed by atoms with Crippen molar-refractivity contribution in [3.63, 3.8) is 0 Å². The van der Waals surface area contributed by atoms with Gasteiger partial charge >= 0.3 is 0 Å². The molecule has 31 heavy (non-hydrogen) atoms. The molecule has 0 aliphatic rings. The van der Waals surface area contributed by atoms with Crippen LogP contribution >= 0.6 is 22.7 Å². The molecule has 4 aromatic heterocycles. The fourth-order valence-corrected chi connectivity index (χ4v) is 5.10. The molecule has 0 radical (unpaired) electrons. The Kier molecular flexibility index (Phi) is 6.95. The molecule has 0 atom stereocenters. The van der Waals surface area contributed by atoms with Gasteiger partial charge in [-0.1, -0.05) is 11.8 Å². The van der Waals surface area contributed by atoms with E-state index in [2.05, 4.69) is 70.2 Å². The van der Waals surface area contributed by atoms with Gasteiger partial charge in [-0.05, 0) is 92.3 Å². The smallest absolute Gasteiger partial charge is 0.0888 e. The van der Waals surface area contributed by atoms with Gasteiger partial charge in [0.2, 0.25) is 0 Å². The molecule has 0 bridgehead atoms. The molecule has 4 heteroatoms. The molecule has 0 aliphatic carbocycles.